The zero-order valence-corrected chi connectivity index (χ0v) is 11.5. The zero-order chi connectivity index (χ0) is 13.1. The van der Waals surface area contributed by atoms with Crippen molar-refractivity contribution < 1.29 is 0 Å². The number of aryl methyl sites for hydroxylation is 1. The Morgan fingerprint density at radius 3 is 2.72 bits per heavy atom. The maximum atomic E-state index is 5.41. The van der Waals surface area contributed by atoms with Gasteiger partial charge in [0.15, 0.2) is 0 Å². The fraction of sp³-hybridized carbons (Fsp3) is 0.364. The number of rotatable bonds is 4. The molecule has 2 aromatic rings. The molecule has 2 heterocycles. The summed E-state index contributed by atoms with van der Waals surface area (Å²) in [5, 5.41) is 0. The van der Waals surface area contributed by atoms with Gasteiger partial charge in [-0.25, -0.2) is 20.8 Å². The van der Waals surface area contributed by atoms with Crippen molar-refractivity contribution in [1.82, 2.24) is 15.0 Å². The first-order valence-electron chi connectivity index (χ1n) is 5.51. The first-order valence-corrected chi connectivity index (χ1v) is 6.39. The van der Waals surface area contributed by atoms with E-state index in [-0.39, 0.29) is 0 Å². The molecule has 96 valence electrons. The van der Waals surface area contributed by atoms with E-state index >= 15 is 0 Å². The quantitative estimate of drug-likeness (QED) is 0.643. The molecular weight excluding hydrogens is 248 g/mol. The van der Waals surface area contributed by atoms with Crippen molar-refractivity contribution in [2.75, 3.05) is 17.4 Å². The second-order valence-electron chi connectivity index (χ2n) is 4.03. The van der Waals surface area contributed by atoms with E-state index in [2.05, 4.69) is 25.3 Å². The topological polar surface area (TPSA) is 80.0 Å². The second kappa shape index (κ2) is 5.28. The third-order valence-electron chi connectivity index (χ3n) is 2.78. The van der Waals surface area contributed by atoms with Crippen LogP contribution in [0.1, 0.15) is 16.1 Å². The first-order chi connectivity index (χ1) is 8.63. The van der Waals surface area contributed by atoms with Gasteiger partial charge in [0, 0.05) is 17.5 Å². The van der Waals surface area contributed by atoms with Gasteiger partial charge >= 0.3 is 0 Å². The summed E-state index contributed by atoms with van der Waals surface area (Å²) in [6.45, 7) is 4.73. The first kappa shape index (κ1) is 12.7. The molecule has 7 heteroatoms. The van der Waals surface area contributed by atoms with Crippen LogP contribution in [-0.2, 0) is 6.54 Å². The highest BCUT2D eigenvalue weighted by Crippen LogP contribution is 2.23. The molecule has 0 saturated heterocycles. The van der Waals surface area contributed by atoms with Crippen LogP contribution in [0.3, 0.4) is 0 Å². The third-order valence-corrected chi connectivity index (χ3v) is 3.70. The fourth-order valence-electron chi connectivity index (χ4n) is 1.74. The van der Waals surface area contributed by atoms with Gasteiger partial charge in [-0.05, 0) is 13.8 Å². The Hall–Kier alpha value is -1.73. The Morgan fingerprint density at radius 1 is 1.33 bits per heavy atom. The van der Waals surface area contributed by atoms with Gasteiger partial charge in [0.25, 0.3) is 0 Å². The van der Waals surface area contributed by atoms with Crippen molar-refractivity contribution in [2.24, 2.45) is 5.84 Å². The Labute approximate surface area is 110 Å². The third kappa shape index (κ3) is 2.41. The number of hydrogen-bond donors (Lipinski definition) is 2. The SMILES string of the molecule is Cc1ncsc1CN(C)c1ncnc(NN)c1C. The number of aromatic nitrogens is 3. The molecule has 0 atom stereocenters. The lowest BCUT2D eigenvalue weighted by Gasteiger charge is -2.20. The second-order valence-corrected chi connectivity index (χ2v) is 4.97. The number of nitrogen functional groups attached to an aromatic ring is 1. The molecule has 3 N–H and O–H groups in total. The smallest absolute Gasteiger partial charge is 0.148 e. The van der Waals surface area contributed by atoms with Crippen LogP contribution in [0.5, 0.6) is 0 Å². The molecule has 0 aromatic carbocycles. The Kier molecular flexibility index (Phi) is 3.73. The molecule has 0 unspecified atom stereocenters. The molecule has 0 amide bonds. The molecule has 0 spiro atoms. The van der Waals surface area contributed by atoms with Crippen LogP contribution >= 0.6 is 11.3 Å². The fourth-order valence-corrected chi connectivity index (χ4v) is 2.57. The lowest BCUT2D eigenvalue weighted by Crippen LogP contribution is -2.20. The molecule has 2 aromatic heterocycles. The molecule has 0 aliphatic heterocycles. The monoisotopic (exact) mass is 264 g/mol. The van der Waals surface area contributed by atoms with Crippen LogP contribution in [0, 0.1) is 13.8 Å². The minimum absolute atomic E-state index is 0.646. The van der Waals surface area contributed by atoms with E-state index < -0.39 is 0 Å². The lowest BCUT2D eigenvalue weighted by molar-refractivity contribution is 0.885. The number of nitrogens with one attached hydrogen (secondary N) is 1. The van der Waals surface area contributed by atoms with Gasteiger partial charge < -0.3 is 10.3 Å². The largest absolute Gasteiger partial charge is 0.354 e. The van der Waals surface area contributed by atoms with Gasteiger partial charge in [-0.15, -0.1) is 11.3 Å². The zero-order valence-electron chi connectivity index (χ0n) is 10.6. The highest BCUT2D eigenvalue weighted by molar-refractivity contribution is 7.09. The Balaban J connectivity index is 2.24. The van der Waals surface area contributed by atoms with E-state index in [1.807, 2.05) is 26.4 Å². The minimum atomic E-state index is 0.646. The van der Waals surface area contributed by atoms with Crippen LogP contribution < -0.4 is 16.2 Å². The molecule has 6 nitrogen and oxygen atoms in total. The summed E-state index contributed by atoms with van der Waals surface area (Å²) in [5.74, 6) is 6.93. The number of thiazole rings is 1. The summed E-state index contributed by atoms with van der Waals surface area (Å²) in [6, 6.07) is 0. The summed E-state index contributed by atoms with van der Waals surface area (Å²) in [6.07, 6.45) is 1.51. The number of nitrogens with zero attached hydrogens (tertiary/aromatic N) is 4. The molecule has 2 rings (SSSR count). The van der Waals surface area contributed by atoms with Crippen molar-refractivity contribution in [3.05, 3.63) is 28.0 Å². The average Bonchev–Trinajstić information content (AvgIpc) is 2.75. The molecule has 0 fully saturated rings. The van der Waals surface area contributed by atoms with E-state index in [9.17, 15) is 0 Å². The molecule has 0 saturated carbocycles. The molecule has 0 bridgehead atoms. The van der Waals surface area contributed by atoms with Crippen LogP contribution in [0.15, 0.2) is 11.8 Å². The van der Waals surface area contributed by atoms with Crippen LogP contribution in [0.2, 0.25) is 0 Å². The maximum Gasteiger partial charge on any atom is 0.148 e. The van der Waals surface area contributed by atoms with Crippen LogP contribution in [0.4, 0.5) is 11.6 Å². The van der Waals surface area contributed by atoms with Crippen molar-refractivity contribution >= 4 is 23.0 Å². The summed E-state index contributed by atoms with van der Waals surface area (Å²) >= 11 is 1.65. The van der Waals surface area contributed by atoms with E-state index in [1.165, 1.54) is 11.2 Å². The molecule has 0 aliphatic carbocycles. The predicted molar refractivity (Wildman–Crippen MR) is 73.5 cm³/mol. The van der Waals surface area contributed by atoms with Crippen molar-refractivity contribution in [3.8, 4) is 0 Å². The van der Waals surface area contributed by atoms with Crippen molar-refractivity contribution in [2.45, 2.75) is 20.4 Å². The molecule has 18 heavy (non-hydrogen) atoms. The van der Waals surface area contributed by atoms with E-state index in [1.54, 1.807) is 11.3 Å². The summed E-state index contributed by atoms with van der Waals surface area (Å²) in [5.41, 5.74) is 6.43. The highest BCUT2D eigenvalue weighted by atomic mass is 32.1. The van der Waals surface area contributed by atoms with E-state index in [0.717, 1.165) is 23.6 Å². The Bertz CT molecular complexity index is 538. The van der Waals surface area contributed by atoms with Crippen molar-refractivity contribution in [1.29, 1.82) is 0 Å². The van der Waals surface area contributed by atoms with Crippen LogP contribution in [0.25, 0.3) is 0 Å². The van der Waals surface area contributed by atoms with Gasteiger partial charge in [0.05, 0.1) is 17.7 Å². The highest BCUT2D eigenvalue weighted by Gasteiger charge is 2.12. The van der Waals surface area contributed by atoms with Gasteiger partial charge in [0.1, 0.15) is 18.0 Å². The molecular formula is C11H16N6S. The van der Waals surface area contributed by atoms with Gasteiger partial charge in [-0.2, -0.15) is 0 Å². The van der Waals surface area contributed by atoms with Gasteiger partial charge in [-0.1, -0.05) is 0 Å². The Morgan fingerprint density at radius 2 is 2.11 bits per heavy atom. The minimum Gasteiger partial charge on any atom is -0.354 e. The van der Waals surface area contributed by atoms with Crippen LogP contribution in [-0.4, -0.2) is 22.0 Å². The predicted octanol–water partition coefficient (Wildman–Crippen LogP) is 1.47. The molecule has 0 radical (unpaired) electrons. The maximum absolute atomic E-state index is 5.41. The number of hydrogen-bond acceptors (Lipinski definition) is 7. The normalized spacial score (nSPS) is 10.4. The molecule has 0 aliphatic rings. The van der Waals surface area contributed by atoms with E-state index in [0.29, 0.717) is 5.82 Å². The lowest BCUT2D eigenvalue weighted by atomic mass is 10.3. The average molecular weight is 264 g/mol. The number of anilines is 2. The number of hydrazine groups is 1. The van der Waals surface area contributed by atoms with E-state index in [4.69, 9.17) is 5.84 Å². The van der Waals surface area contributed by atoms with Crippen molar-refractivity contribution in [3.63, 3.8) is 0 Å². The van der Waals surface area contributed by atoms with Gasteiger partial charge in [0.2, 0.25) is 0 Å². The summed E-state index contributed by atoms with van der Waals surface area (Å²) in [4.78, 5) is 15.9. The summed E-state index contributed by atoms with van der Waals surface area (Å²) in [7, 11) is 1.99. The van der Waals surface area contributed by atoms with Gasteiger partial charge in [-0.3, -0.25) is 0 Å². The number of nitrogens with two attached hydrogens (primary N) is 1. The standard InChI is InChI=1S/C11H16N6S/c1-7-10(16-12)13-5-14-11(7)17(3)4-9-8(2)15-6-18-9/h5-6H,4,12H2,1-3H3,(H,13,14,16). The summed E-state index contributed by atoms with van der Waals surface area (Å²) < 4.78 is 0.